The molecule has 2 aromatic rings. The molecule has 1 N–H and O–H groups in total. The van der Waals surface area contributed by atoms with Gasteiger partial charge in [-0.3, -0.25) is 0 Å². The zero-order valence-electron chi connectivity index (χ0n) is 11.5. The van der Waals surface area contributed by atoms with Crippen LogP contribution in [0.5, 0.6) is 0 Å². The third-order valence-corrected chi connectivity index (χ3v) is 4.46. The molecular formula is C15H18ClN3S. The van der Waals surface area contributed by atoms with E-state index in [9.17, 15) is 0 Å². The Balaban J connectivity index is 1.83. The Morgan fingerprint density at radius 2 is 2.30 bits per heavy atom. The summed E-state index contributed by atoms with van der Waals surface area (Å²) in [5.74, 6) is 0.917. The van der Waals surface area contributed by atoms with Crippen molar-refractivity contribution in [1.82, 2.24) is 10.3 Å². The molecule has 3 rings (SSSR count). The number of halogens is 1. The molecule has 106 valence electrons. The van der Waals surface area contributed by atoms with E-state index in [1.807, 2.05) is 19.3 Å². The predicted molar refractivity (Wildman–Crippen MR) is 85.5 cm³/mol. The summed E-state index contributed by atoms with van der Waals surface area (Å²) in [6.45, 7) is 1.69. The second-order valence-corrected chi connectivity index (χ2v) is 6.36. The molecule has 0 bridgehead atoms. The molecule has 20 heavy (non-hydrogen) atoms. The van der Waals surface area contributed by atoms with Crippen molar-refractivity contribution in [2.75, 3.05) is 11.9 Å². The number of rotatable bonds is 6. The standard InChI is InChI=1S/C15H18ClN3S/c1-17-7-12-6-14(16)15(18-8-12)19(13-2-3-13)9-11-4-5-20-10-11/h4-6,8,10,13,17H,2-3,7,9H2,1H3. The second kappa shape index (κ2) is 6.12. The van der Waals surface area contributed by atoms with Crippen molar-refractivity contribution in [3.05, 3.63) is 45.2 Å². The van der Waals surface area contributed by atoms with E-state index in [0.717, 1.165) is 29.5 Å². The van der Waals surface area contributed by atoms with Crippen LogP contribution in [0.1, 0.15) is 24.0 Å². The van der Waals surface area contributed by atoms with E-state index in [4.69, 9.17) is 11.6 Å². The van der Waals surface area contributed by atoms with Crippen LogP contribution in [0.4, 0.5) is 5.82 Å². The van der Waals surface area contributed by atoms with E-state index in [0.29, 0.717) is 6.04 Å². The summed E-state index contributed by atoms with van der Waals surface area (Å²) >= 11 is 8.18. The van der Waals surface area contributed by atoms with Gasteiger partial charge in [0, 0.05) is 25.3 Å². The highest BCUT2D eigenvalue weighted by Gasteiger charge is 2.31. The number of nitrogens with one attached hydrogen (secondary N) is 1. The zero-order valence-corrected chi connectivity index (χ0v) is 13.0. The van der Waals surface area contributed by atoms with Gasteiger partial charge in [-0.2, -0.15) is 11.3 Å². The van der Waals surface area contributed by atoms with Crippen LogP contribution < -0.4 is 10.2 Å². The second-order valence-electron chi connectivity index (χ2n) is 5.17. The van der Waals surface area contributed by atoms with Gasteiger partial charge in [0.05, 0.1) is 5.02 Å². The lowest BCUT2D eigenvalue weighted by atomic mass is 10.2. The first kappa shape index (κ1) is 13.9. The van der Waals surface area contributed by atoms with Gasteiger partial charge in [-0.05, 0) is 53.9 Å². The van der Waals surface area contributed by atoms with Crippen molar-refractivity contribution < 1.29 is 0 Å². The smallest absolute Gasteiger partial charge is 0.147 e. The number of aromatic nitrogens is 1. The van der Waals surface area contributed by atoms with E-state index < -0.39 is 0 Å². The third kappa shape index (κ3) is 3.14. The fourth-order valence-electron chi connectivity index (χ4n) is 2.32. The largest absolute Gasteiger partial charge is 0.348 e. The molecule has 0 aromatic carbocycles. The molecule has 0 saturated heterocycles. The Hall–Kier alpha value is -1.10. The molecule has 1 saturated carbocycles. The molecule has 2 aromatic heterocycles. The summed E-state index contributed by atoms with van der Waals surface area (Å²) in [5.41, 5.74) is 2.45. The summed E-state index contributed by atoms with van der Waals surface area (Å²) < 4.78 is 0. The normalized spacial score (nSPS) is 14.5. The van der Waals surface area contributed by atoms with Gasteiger partial charge in [0.1, 0.15) is 5.82 Å². The molecule has 0 spiro atoms. The van der Waals surface area contributed by atoms with Crippen molar-refractivity contribution in [2.24, 2.45) is 0 Å². The fourth-order valence-corrected chi connectivity index (χ4v) is 3.28. The molecule has 1 aliphatic rings. The predicted octanol–water partition coefficient (Wildman–Crippen LogP) is 3.68. The summed E-state index contributed by atoms with van der Waals surface area (Å²) in [6.07, 6.45) is 4.39. The van der Waals surface area contributed by atoms with E-state index in [1.54, 1.807) is 11.3 Å². The van der Waals surface area contributed by atoms with E-state index in [-0.39, 0.29) is 0 Å². The van der Waals surface area contributed by atoms with Gasteiger partial charge < -0.3 is 10.2 Å². The number of hydrogen-bond donors (Lipinski definition) is 1. The van der Waals surface area contributed by atoms with E-state index in [1.165, 1.54) is 18.4 Å². The van der Waals surface area contributed by atoms with Crippen molar-refractivity contribution >= 4 is 28.8 Å². The van der Waals surface area contributed by atoms with Crippen LogP contribution >= 0.6 is 22.9 Å². The summed E-state index contributed by atoms with van der Waals surface area (Å²) in [5, 5.41) is 8.18. The minimum atomic E-state index is 0.593. The lowest BCUT2D eigenvalue weighted by Crippen LogP contribution is -2.26. The minimum Gasteiger partial charge on any atom is -0.348 e. The summed E-state index contributed by atoms with van der Waals surface area (Å²) in [6, 6.07) is 4.78. The molecule has 0 radical (unpaired) electrons. The number of thiophene rings is 1. The number of hydrogen-bond acceptors (Lipinski definition) is 4. The van der Waals surface area contributed by atoms with Crippen molar-refractivity contribution in [1.29, 1.82) is 0 Å². The van der Waals surface area contributed by atoms with E-state index in [2.05, 4.69) is 32.0 Å². The number of nitrogens with zero attached hydrogens (tertiary/aromatic N) is 2. The Morgan fingerprint density at radius 1 is 1.45 bits per heavy atom. The van der Waals surface area contributed by atoms with Crippen molar-refractivity contribution in [3.8, 4) is 0 Å². The first-order valence-electron chi connectivity index (χ1n) is 6.84. The maximum Gasteiger partial charge on any atom is 0.147 e. The molecule has 0 unspecified atom stereocenters. The van der Waals surface area contributed by atoms with Gasteiger partial charge in [0.15, 0.2) is 0 Å². The van der Waals surface area contributed by atoms with Crippen molar-refractivity contribution in [3.63, 3.8) is 0 Å². The molecule has 1 fully saturated rings. The summed E-state index contributed by atoms with van der Waals surface area (Å²) in [4.78, 5) is 6.94. The highest BCUT2D eigenvalue weighted by atomic mass is 35.5. The molecule has 1 aliphatic carbocycles. The van der Waals surface area contributed by atoms with Gasteiger partial charge >= 0.3 is 0 Å². The minimum absolute atomic E-state index is 0.593. The molecule has 0 aliphatic heterocycles. The highest BCUT2D eigenvalue weighted by molar-refractivity contribution is 7.07. The van der Waals surface area contributed by atoms with Crippen LogP contribution in [0.15, 0.2) is 29.1 Å². The monoisotopic (exact) mass is 307 g/mol. The molecule has 2 heterocycles. The SMILES string of the molecule is CNCc1cnc(N(Cc2ccsc2)C2CC2)c(Cl)c1. The average Bonchev–Trinajstić information content (AvgIpc) is 3.15. The first-order chi connectivity index (χ1) is 9.78. The molecule has 3 nitrogen and oxygen atoms in total. The quantitative estimate of drug-likeness (QED) is 0.882. The van der Waals surface area contributed by atoms with Gasteiger partial charge in [-0.25, -0.2) is 4.98 Å². The van der Waals surface area contributed by atoms with E-state index >= 15 is 0 Å². The summed E-state index contributed by atoms with van der Waals surface area (Å²) in [7, 11) is 1.93. The first-order valence-corrected chi connectivity index (χ1v) is 8.16. The Bertz CT molecular complexity index is 567. The Labute approximate surface area is 128 Å². The fraction of sp³-hybridized carbons (Fsp3) is 0.400. The molecule has 0 amide bonds. The van der Waals surface area contributed by atoms with Crippen molar-refractivity contribution in [2.45, 2.75) is 32.0 Å². The Morgan fingerprint density at radius 3 is 2.90 bits per heavy atom. The maximum absolute atomic E-state index is 6.44. The molecular weight excluding hydrogens is 290 g/mol. The highest BCUT2D eigenvalue weighted by Crippen LogP contribution is 2.36. The van der Waals surface area contributed by atoms with Crippen LogP contribution in [0.2, 0.25) is 5.02 Å². The van der Waals surface area contributed by atoms with Crippen LogP contribution in [0.3, 0.4) is 0 Å². The Kier molecular flexibility index (Phi) is 4.24. The lowest BCUT2D eigenvalue weighted by molar-refractivity contribution is 0.773. The third-order valence-electron chi connectivity index (χ3n) is 3.45. The van der Waals surface area contributed by atoms with Gasteiger partial charge in [-0.1, -0.05) is 11.6 Å². The van der Waals surface area contributed by atoms with Gasteiger partial charge in [-0.15, -0.1) is 0 Å². The van der Waals surface area contributed by atoms with Crippen LogP contribution in [0.25, 0.3) is 0 Å². The van der Waals surface area contributed by atoms with Crippen LogP contribution in [-0.4, -0.2) is 18.1 Å². The number of anilines is 1. The van der Waals surface area contributed by atoms with Gasteiger partial charge in [0.25, 0.3) is 0 Å². The lowest BCUT2D eigenvalue weighted by Gasteiger charge is -2.24. The van der Waals surface area contributed by atoms with Crippen LogP contribution in [-0.2, 0) is 13.1 Å². The number of pyridine rings is 1. The van der Waals surface area contributed by atoms with Gasteiger partial charge in [0.2, 0.25) is 0 Å². The van der Waals surface area contributed by atoms with Crippen LogP contribution in [0, 0.1) is 0 Å². The zero-order chi connectivity index (χ0) is 13.9. The molecule has 5 heteroatoms. The average molecular weight is 308 g/mol. The maximum atomic E-state index is 6.44. The molecule has 0 atom stereocenters. The topological polar surface area (TPSA) is 28.2 Å².